The number of nitrogens with zero attached hydrogens (tertiary/aromatic N) is 5. The number of amidine groups is 1. The molecule has 0 fully saturated rings. The van der Waals surface area contributed by atoms with Gasteiger partial charge < -0.3 is 15.8 Å². The third kappa shape index (κ3) is 5.16. The van der Waals surface area contributed by atoms with Gasteiger partial charge in [0, 0.05) is 24.8 Å². The van der Waals surface area contributed by atoms with Gasteiger partial charge in [0.2, 0.25) is 11.7 Å². The molecule has 29 heavy (non-hydrogen) atoms. The van der Waals surface area contributed by atoms with Crippen molar-refractivity contribution < 1.29 is 14.2 Å². The summed E-state index contributed by atoms with van der Waals surface area (Å²) in [7, 11) is 0. The van der Waals surface area contributed by atoms with Crippen LogP contribution in [0, 0.1) is 12.7 Å². The van der Waals surface area contributed by atoms with Crippen molar-refractivity contribution in [1.82, 2.24) is 20.1 Å². The van der Waals surface area contributed by atoms with Crippen LogP contribution >= 0.6 is 15.9 Å². The van der Waals surface area contributed by atoms with Crippen LogP contribution in [0.2, 0.25) is 0 Å². The van der Waals surface area contributed by atoms with E-state index in [4.69, 9.17) is 4.63 Å². The number of benzene rings is 1. The third-order valence-electron chi connectivity index (χ3n) is 3.83. The van der Waals surface area contributed by atoms with Crippen LogP contribution in [0.4, 0.5) is 15.9 Å². The summed E-state index contributed by atoms with van der Waals surface area (Å²) in [5.41, 5.74) is 1.18. The molecule has 0 aliphatic heterocycles. The van der Waals surface area contributed by atoms with Crippen LogP contribution in [0.15, 0.2) is 49.4 Å². The zero-order chi connectivity index (χ0) is 20.8. The van der Waals surface area contributed by atoms with E-state index in [9.17, 15) is 14.4 Å². The summed E-state index contributed by atoms with van der Waals surface area (Å²) in [5.74, 6) is -0.217. The molecule has 2 heterocycles. The summed E-state index contributed by atoms with van der Waals surface area (Å²) in [6.45, 7) is 2.66. The molecule has 3 N–H and O–H groups in total. The van der Waals surface area contributed by atoms with E-state index in [1.165, 1.54) is 28.9 Å². The van der Waals surface area contributed by atoms with Gasteiger partial charge in [-0.2, -0.15) is 5.10 Å². The zero-order valence-corrected chi connectivity index (χ0v) is 16.8. The number of hydrogen-bond acceptors (Lipinski definition) is 8. The smallest absolute Gasteiger partial charge is 0.266 e. The van der Waals surface area contributed by atoms with Gasteiger partial charge in [-0.25, -0.2) is 13.7 Å². The lowest BCUT2D eigenvalue weighted by atomic mass is 10.3. The van der Waals surface area contributed by atoms with Crippen molar-refractivity contribution in [3.05, 3.63) is 62.4 Å². The van der Waals surface area contributed by atoms with Crippen LogP contribution < -0.4 is 16.2 Å². The first-order valence-corrected chi connectivity index (χ1v) is 9.33. The molecule has 0 radical (unpaired) electrons. The fourth-order valence-corrected chi connectivity index (χ4v) is 2.83. The van der Waals surface area contributed by atoms with Gasteiger partial charge in [-0.15, -0.1) is 0 Å². The van der Waals surface area contributed by atoms with E-state index in [-0.39, 0.29) is 27.4 Å². The quantitative estimate of drug-likeness (QED) is 0.159. The van der Waals surface area contributed by atoms with Crippen molar-refractivity contribution in [2.75, 3.05) is 17.2 Å². The van der Waals surface area contributed by atoms with Gasteiger partial charge in [0.15, 0.2) is 5.69 Å². The Morgan fingerprint density at radius 2 is 2.17 bits per heavy atom. The minimum absolute atomic E-state index is 0.0381. The number of aryl methyl sites for hydroxylation is 2. The fraction of sp³-hybridized carbons (Fsp3) is 0.235. The molecule has 0 unspecified atom stereocenters. The van der Waals surface area contributed by atoms with Crippen LogP contribution in [0.25, 0.3) is 0 Å². The molecule has 2 aromatic heterocycles. The van der Waals surface area contributed by atoms with E-state index in [2.05, 4.69) is 47.1 Å². The number of rotatable bonds is 7. The van der Waals surface area contributed by atoms with E-state index in [1.54, 1.807) is 6.07 Å². The highest BCUT2D eigenvalue weighted by Gasteiger charge is 2.18. The summed E-state index contributed by atoms with van der Waals surface area (Å²) in [6, 6.07) is 7.33. The predicted molar refractivity (Wildman–Crippen MR) is 107 cm³/mol. The number of nitrogens with one attached hydrogen (secondary N) is 2. The Kier molecular flexibility index (Phi) is 6.54. The average Bonchev–Trinajstić information content (AvgIpc) is 3.17. The highest BCUT2D eigenvalue weighted by molar-refractivity contribution is 9.10. The standard InChI is InChI=1S/C17H17BrFN7O3/c1-10-3-6-14(27)26(22-10)8-2-7-20-16-15(24-29-25-16)17(23-28)21-11-4-5-13(19)12(18)9-11/h3-6,9,28H,2,7-8H2,1H3,(H,20,25)(H,21,23). The number of anilines is 2. The van der Waals surface area contributed by atoms with E-state index in [0.29, 0.717) is 25.2 Å². The Hall–Kier alpha value is -3.28. The summed E-state index contributed by atoms with van der Waals surface area (Å²) >= 11 is 3.09. The molecular weight excluding hydrogens is 449 g/mol. The Labute approximate surface area is 172 Å². The third-order valence-corrected chi connectivity index (χ3v) is 4.44. The molecule has 1 aromatic carbocycles. The molecule has 0 saturated carbocycles. The molecule has 12 heteroatoms. The fourth-order valence-electron chi connectivity index (χ4n) is 2.45. The summed E-state index contributed by atoms with van der Waals surface area (Å²) in [5, 5.41) is 30.0. The van der Waals surface area contributed by atoms with Crippen LogP contribution in [0.1, 0.15) is 17.8 Å². The monoisotopic (exact) mass is 465 g/mol. The van der Waals surface area contributed by atoms with Crippen LogP contribution in [-0.2, 0) is 6.54 Å². The van der Waals surface area contributed by atoms with Crippen molar-refractivity contribution in [2.45, 2.75) is 19.9 Å². The minimum Gasteiger partial charge on any atom is -0.409 e. The van der Waals surface area contributed by atoms with Gasteiger partial charge in [-0.05, 0) is 63.9 Å². The first-order chi connectivity index (χ1) is 14.0. The number of halogens is 2. The molecule has 10 nitrogen and oxygen atoms in total. The van der Waals surface area contributed by atoms with E-state index >= 15 is 0 Å². The van der Waals surface area contributed by atoms with Crippen LogP contribution in [-0.4, -0.2) is 37.7 Å². The maximum absolute atomic E-state index is 13.4. The second-order valence-electron chi connectivity index (χ2n) is 5.98. The SMILES string of the molecule is Cc1ccc(=O)n(CCCNc2nonc2C(=NO)Nc2ccc(F)c(Br)c2)n1. The Morgan fingerprint density at radius 3 is 2.93 bits per heavy atom. The molecule has 3 rings (SSSR count). The van der Waals surface area contributed by atoms with Gasteiger partial charge in [0.25, 0.3) is 5.56 Å². The average molecular weight is 466 g/mol. The van der Waals surface area contributed by atoms with Gasteiger partial charge in [-0.1, -0.05) is 5.16 Å². The molecule has 152 valence electrons. The Balaban J connectivity index is 1.62. The van der Waals surface area contributed by atoms with Crippen LogP contribution in [0.3, 0.4) is 0 Å². The van der Waals surface area contributed by atoms with Crippen molar-refractivity contribution >= 4 is 33.3 Å². The van der Waals surface area contributed by atoms with Crippen molar-refractivity contribution in [1.29, 1.82) is 0 Å². The lowest BCUT2D eigenvalue weighted by Crippen LogP contribution is -2.24. The van der Waals surface area contributed by atoms with Crippen molar-refractivity contribution in [2.24, 2.45) is 5.16 Å². The Morgan fingerprint density at radius 1 is 1.34 bits per heavy atom. The topological polar surface area (TPSA) is 130 Å². The lowest BCUT2D eigenvalue weighted by molar-refractivity contribution is 0.305. The first kappa shape index (κ1) is 20.5. The van der Waals surface area contributed by atoms with Gasteiger partial charge >= 0.3 is 0 Å². The second-order valence-corrected chi connectivity index (χ2v) is 6.83. The molecule has 0 atom stereocenters. The van der Waals surface area contributed by atoms with Gasteiger partial charge in [-0.3, -0.25) is 4.79 Å². The normalized spacial score (nSPS) is 11.5. The van der Waals surface area contributed by atoms with Crippen molar-refractivity contribution in [3.8, 4) is 0 Å². The summed E-state index contributed by atoms with van der Waals surface area (Å²) in [6.07, 6.45) is 0.576. The number of hydrogen-bond donors (Lipinski definition) is 3. The molecular formula is C17H17BrFN7O3. The van der Waals surface area contributed by atoms with E-state index in [0.717, 1.165) is 5.69 Å². The molecule has 0 saturated heterocycles. The Bertz CT molecular complexity index is 1080. The zero-order valence-electron chi connectivity index (χ0n) is 15.3. The molecule has 3 aromatic rings. The van der Waals surface area contributed by atoms with E-state index in [1.807, 2.05) is 6.92 Å². The van der Waals surface area contributed by atoms with E-state index < -0.39 is 5.82 Å². The summed E-state index contributed by atoms with van der Waals surface area (Å²) < 4.78 is 19.7. The largest absolute Gasteiger partial charge is 0.409 e. The maximum atomic E-state index is 13.4. The van der Waals surface area contributed by atoms with Gasteiger partial charge in [0.05, 0.1) is 10.2 Å². The lowest BCUT2D eigenvalue weighted by Gasteiger charge is -2.09. The second kappa shape index (κ2) is 9.28. The predicted octanol–water partition coefficient (Wildman–Crippen LogP) is 2.59. The molecule has 0 bridgehead atoms. The number of aromatic nitrogens is 4. The minimum atomic E-state index is -0.425. The molecule has 0 amide bonds. The van der Waals surface area contributed by atoms with Gasteiger partial charge in [0.1, 0.15) is 5.82 Å². The maximum Gasteiger partial charge on any atom is 0.266 e. The van der Waals surface area contributed by atoms with Crippen LogP contribution in [0.5, 0.6) is 0 Å². The first-order valence-electron chi connectivity index (χ1n) is 8.53. The van der Waals surface area contributed by atoms with Crippen molar-refractivity contribution in [3.63, 3.8) is 0 Å². The molecule has 0 spiro atoms. The highest BCUT2D eigenvalue weighted by Crippen LogP contribution is 2.21. The summed E-state index contributed by atoms with van der Waals surface area (Å²) in [4.78, 5) is 11.8. The molecule has 0 aliphatic carbocycles. The number of oxime groups is 1. The highest BCUT2D eigenvalue weighted by atomic mass is 79.9. The molecule has 0 aliphatic rings.